The summed E-state index contributed by atoms with van der Waals surface area (Å²) in [4.78, 5) is 27.0. The van der Waals surface area contributed by atoms with E-state index >= 15 is 0 Å². The SMILES string of the molecule is COc1ccc(N2C(=O)S/C(=C(/C)c3ccc(Cl)cc3)C2=O)c(OC)c1. The van der Waals surface area contributed by atoms with Crippen molar-refractivity contribution in [2.24, 2.45) is 0 Å². The first kappa shape index (κ1) is 18.4. The predicted molar refractivity (Wildman–Crippen MR) is 104 cm³/mol. The summed E-state index contributed by atoms with van der Waals surface area (Å²) in [5.74, 6) is 0.582. The molecule has 1 heterocycles. The summed E-state index contributed by atoms with van der Waals surface area (Å²) in [5, 5.41) is 0.236. The molecule has 0 radical (unpaired) electrons. The van der Waals surface area contributed by atoms with Crippen molar-refractivity contribution >= 4 is 45.8 Å². The first-order chi connectivity index (χ1) is 12.5. The molecule has 1 saturated heterocycles. The van der Waals surface area contributed by atoms with E-state index < -0.39 is 0 Å². The van der Waals surface area contributed by atoms with Crippen LogP contribution in [0.5, 0.6) is 11.5 Å². The van der Waals surface area contributed by atoms with E-state index in [1.165, 1.54) is 14.2 Å². The zero-order valence-corrected chi connectivity index (χ0v) is 16.0. The van der Waals surface area contributed by atoms with Crippen LogP contribution in [0.15, 0.2) is 47.4 Å². The van der Waals surface area contributed by atoms with Crippen LogP contribution in [0.2, 0.25) is 5.02 Å². The van der Waals surface area contributed by atoms with Crippen LogP contribution in [0.25, 0.3) is 5.57 Å². The molecule has 0 saturated carbocycles. The van der Waals surface area contributed by atoms with E-state index in [2.05, 4.69) is 0 Å². The number of benzene rings is 2. The Balaban J connectivity index is 2.02. The van der Waals surface area contributed by atoms with Crippen LogP contribution < -0.4 is 14.4 Å². The molecule has 3 rings (SSSR count). The standard InChI is InChI=1S/C19H16ClNO4S/c1-11(12-4-6-13(20)7-5-12)17-18(22)21(19(23)26-17)15-9-8-14(24-2)10-16(15)25-3/h4-10H,1-3H3/b17-11-. The fraction of sp³-hybridized carbons (Fsp3) is 0.158. The van der Waals surface area contributed by atoms with Crippen LogP contribution in [0, 0.1) is 0 Å². The van der Waals surface area contributed by atoms with Crippen LogP contribution in [0.4, 0.5) is 10.5 Å². The number of carbonyl (C=O) groups is 2. The van der Waals surface area contributed by atoms with Crippen LogP contribution in [-0.2, 0) is 4.79 Å². The van der Waals surface area contributed by atoms with Gasteiger partial charge < -0.3 is 9.47 Å². The second-order valence-corrected chi connectivity index (χ2v) is 6.91. The number of methoxy groups -OCH3 is 2. The Kier molecular flexibility index (Phi) is 5.25. The van der Waals surface area contributed by atoms with Crippen molar-refractivity contribution in [3.05, 3.63) is 58.0 Å². The van der Waals surface area contributed by atoms with Crippen LogP contribution in [0.1, 0.15) is 12.5 Å². The molecule has 0 aliphatic carbocycles. The molecule has 26 heavy (non-hydrogen) atoms. The van der Waals surface area contributed by atoms with Crippen LogP contribution in [0.3, 0.4) is 0 Å². The lowest BCUT2D eigenvalue weighted by Gasteiger charge is -2.17. The van der Waals surface area contributed by atoms with Crippen molar-refractivity contribution in [3.8, 4) is 11.5 Å². The van der Waals surface area contributed by atoms with Gasteiger partial charge in [0.25, 0.3) is 11.1 Å². The molecule has 0 atom stereocenters. The molecule has 0 N–H and O–H groups in total. The van der Waals surface area contributed by atoms with Gasteiger partial charge in [0.2, 0.25) is 0 Å². The van der Waals surface area contributed by atoms with Crippen molar-refractivity contribution in [1.29, 1.82) is 0 Å². The number of carbonyl (C=O) groups excluding carboxylic acids is 2. The number of nitrogens with zero attached hydrogens (tertiary/aromatic N) is 1. The number of ether oxygens (including phenoxy) is 2. The third kappa shape index (κ3) is 3.30. The fourth-order valence-electron chi connectivity index (χ4n) is 2.61. The summed E-state index contributed by atoms with van der Waals surface area (Å²) in [6.45, 7) is 1.81. The zero-order valence-electron chi connectivity index (χ0n) is 14.4. The van der Waals surface area contributed by atoms with Gasteiger partial charge in [-0.15, -0.1) is 0 Å². The maximum Gasteiger partial charge on any atom is 0.298 e. The van der Waals surface area contributed by atoms with Gasteiger partial charge in [0, 0.05) is 11.1 Å². The number of rotatable bonds is 4. The highest BCUT2D eigenvalue weighted by Gasteiger charge is 2.39. The molecule has 5 nitrogen and oxygen atoms in total. The minimum atomic E-state index is -0.379. The van der Waals surface area contributed by atoms with E-state index in [4.69, 9.17) is 21.1 Å². The summed E-state index contributed by atoms with van der Waals surface area (Å²) < 4.78 is 10.5. The minimum Gasteiger partial charge on any atom is -0.497 e. The first-order valence-corrected chi connectivity index (χ1v) is 8.90. The Morgan fingerprint density at radius 3 is 2.35 bits per heavy atom. The molecule has 1 aliphatic rings. The molecule has 7 heteroatoms. The lowest BCUT2D eigenvalue weighted by Crippen LogP contribution is -2.28. The Labute approximate surface area is 160 Å². The Bertz CT molecular complexity index is 908. The lowest BCUT2D eigenvalue weighted by atomic mass is 10.1. The van der Waals surface area contributed by atoms with Gasteiger partial charge in [-0.2, -0.15) is 0 Å². The summed E-state index contributed by atoms with van der Waals surface area (Å²) in [5.41, 5.74) is 1.94. The molecule has 0 aromatic heterocycles. The number of allylic oxidation sites excluding steroid dienone is 1. The molecular formula is C19H16ClNO4S. The minimum absolute atomic E-state index is 0.373. The number of hydrogen-bond donors (Lipinski definition) is 0. The summed E-state index contributed by atoms with van der Waals surface area (Å²) in [6, 6.07) is 12.1. The molecule has 0 unspecified atom stereocenters. The largest absolute Gasteiger partial charge is 0.497 e. The van der Waals surface area contributed by atoms with Gasteiger partial charge in [0.05, 0.1) is 24.8 Å². The molecule has 1 aliphatic heterocycles. The quantitative estimate of drug-likeness (QED) is 0.689. The van der Waals surface area contributed by atoms with Gasteiger partial charge in [-0.1, -0.05) is 23.7 Å². The van der Waals surface area contributed by atoms with E-state index in [1.54, 1.807) is 30.3 Å². The summed E-state index contributed by atoms with van der Waals surface area (Å²) >= 11 is 6.82. The molecule has 0 bridgehead atoms. The van der Waals surface area contributed by atoms with Gasteiger partial charge in [-0.25, -0.2) is 4.90 Å². The maximum absolute atomic E-state index is 12.9. The van der Waals surface area contributed by atoms with Crippen molar-refractivity contribution in [2.45, 2.75) is 6.92 Å². The van der Waals surface area contributed by atoms with E-state index in [-0.39, 0.29) is 11.1 Å². The topological polar surface area (TPSA) is 55.8 Å². The number of imide groups is 1. The van der Waals surface area contributed by atoms with Gasteiger partial charge >= 0.3 is 0 Å². The smallest absolute Gasteiger partial charge is 0.298 e. The number of halogens is 1. The van der Waals surface area contributed by atoms with E-state index in [0.717, 1.165) is 27.8 Å². The second kappa shape index (κ2) is 7.43. The highest BCUT2D eigenvalue weighted by molar-refractivity contribution is 8.19. The highest BCUT2D eigenvalue weighted by atomic mass is 35.5. The molecule has 134 valence electrons. The average Bonchev–Trinajstić information content (AvgIpc) is 2.95. The number of anilines is 1. The predicted octanol–water partition coefficient (Wildman–Crippen LogP) is 4.99. The Hall–Kier alpha value is -2.44. The van der Waals surface area contributed by atoms with Crippen molar-refractivity contribution in [1.82, 2.24) is 0 Å². The highest BCUT2D eigenvalue weighted by Crippen LogP contribution is 2.42. The number of amides is 2. The van der Waals surface area contributed by atoms with Crippen molar-refractivity contribution in [2.75, 3.05) is 19.1 Å². The van der Waals surface area contributed by atoms with Crippen molar-refractivity contribution in [3.63, 3.8) is 0 Å². The molecule has 2 amide bonds. The molecule has 0 spiro atoms. The molecule has 2 aromatic rings. The lowest BCUT2D eigenvalue weighted by molar-refractivity contribution is -0.113. The number of thioether (sulfide) groups is 1. The van der Waals surface area contributed by atoms with Gasteiger partial charge in [-0.05, 0) is 54.1 Å². The second-order valence-electron chi connectivity index (χ2n) is 5.51. The zero-order chi connectivity index (χ0) is 18.8. The molecule has 1 fully saturated rings. The molecule has 2 aromatic carbocycles. The van der Waals surface area contributed by atoms with Gasteiger partial charge in [0.15, 0.2) is 0 Å². The molecular weight excluding hydrogens is 374 g/mol. The van der Waals surface area contributed by atoms with E-state index in [9.17, 15) is 9.59 Å². The van der Waals surface area contributed by atoms with Crippen LogP contribution >= 0.6 is 23.4 Å². The van der Waals surface area contributed by atoms with E-state index in [1.807, 2.05) is 19.1 Å². The maximum atomic E-state index is 12.9. The summed E-state index contributed by atoms with van der Waals surface area (Å²) in [7, 11) is 3.01. The Morgan fingerprint density at radius 1 is 1.04 bits per heavy atom. The van der Waals surface area contributed by atoms with E-state index in [0.29, 0.717) is 27.1 Å². The Morgan fingerprint density at radius 2 is 1.73 bits per heavy atom. The van der Waals surface area contributed by atoms with Gasteiger partial charge in [0.1, 0.15) is 11.5 Å². The first-order valence-electron chi connectivity index (χ1n) is 7.71. The van der Waals surface area contributed by atoms with Crippen molar-refractivity contribution < 1.29 is 19.1 Å². The summed E-state index contributed by atoms with van der Waals surface area (Å²) in [6.07, 6.45) is 0. The third-order valence-corrected chi connectivity index (χ3v) is 5.31. The number of hydrogen-bond acceptors (Lipinski definition) is 5. The monoisotopic (exact) mass is 389 g/mol. The van der Waals surface area contributed by atoms with Gasteiger partial charge in [-0.3, -0.25) is 9.59 Å². The average molecular weight is 390 g/mol. The fourth-order valence-corrected chi connectivity index (χ4v) is 3.63. The van der Waals surface area contributed by atoms with Crippen LogP contribution in [-0.4, -0.2) is 25.4 Å². The third-order valence-electron chi connectivity index (χ3n) is 4.01. The normalized spacial score (nSPS) is 16.1.